The second kappa shape index (κ2) is 6.95. The molecule has 0 rings (SSSR count). The molecule has 0 heterocycles. The van der Waals surface area contributed by atoms with Gasteiger partial charge in [-0.25, -0.2) is 0 Å². The molecule has 0 aliphatic heterocycles. The summed E-state index contributed by atoms with van der Waals surface area (Å²) >= 11 is 0. The zero-order valence-corrected chi connectivity index (χ0v) is 12.0. The molecule has 1 unspecified atom stereocenters. The molecule has 0 radical (unpaired) electrons. The normalized spacial score (nSPS) is 15.6. The SMILES string of the molecule is CC(C)NC(C)(C#N)COCCOC(C)(C)C. The Balaban J connectivity index is 3.82. The first kappa shape index (κ1) is 16.4. The smallest absolute Gasteiger partial charge is 0.127 e. The van der Waals surface area contributed by atoms with Crippen molar-refractivity contribution in [3.63, 3.8) is 0 Å². The fourth-order valence-electron chi connectivity index (χ4n) is 1.43. The maximum absolute atomic E-state index is 9.10. The van der Waals surface area contributed by atoms with Gasteiger partial charge in [0.25, 0.3) is 0 Å². The summed E-state index contributed by atoms with van der Waals surface area (Å²) in [6, 6.07) is 2.50. The van der Waals surface area contributed by atoms with Crippen molar-refractivity contribution in [2.75, 3.05) is 19.8 Å². The van der Waals surface area contributed by atoms with Crippen LogP contribution in [0.25, 0.3) is 0 Å². The van der Waals surface area contributed by atoms with Crippen molar-refractivity contribution in [2.45, 2.75) is 58.7 Å². The van der Waals surface area contributed by atoms with Gasteiger partial charge in [-0.15, -0.1) is 0 Å². The highest BCUT2D eigenvalue weighted by molar-refractivity contribution is 5.04. The summed E-state index contributed by atoms with van der Waals surface area (Å²) in [5.74, 6) is 0. The molecule has 1 atom stereocenters. The molecule has 0 aromatic rings. The largest absolute Gasteiger partial charge is 0.376 e. The average molecular weight is 242 g/mol. The van der Waals surface area contributed by atoms with Crippen molar-refractivity contribution in [1.29, 1.82) is 5.26 Å². The molecular formula is C13H26N2O2. The van der Waals surface area contributed by atoms with E-state index in [-0.39, 0.29) is 11.6 Å². The van der Waals surface area contributed by atoms with Crippen LogP contribution in [0.4, 0.5) is 0 Å². The van der Waals surface area contributed by atoms with Gasteiger partial charge in [0.1, 0.15) is 5.54 Å². The molecule has 0 fully saturated rings. The zero-order chi connectivity index (χ0) is 13.5. The average Bonchev–Trinajstić information content (AvgIpc) is 2.14. The van der Waals surface area contributed by atoms with Crippen molar-refractivity contribution in [3.8, 4) is 6.07 Å². The van der Waals surface area contributed by atoms with Crippen LogP contribution in [0, 0.1) is 11.3 Å². The quantitative estimate of drug-likeness (QED) is 0.695. The third kappa shape index (κ3) is 9.11. The molecular weight excluding hydrogens is 216 g/mol. The summed E-state index contributed by atoms with van der Waals surface area (Å²) < 4.78 is 11.0. The van der Waals surface area contributed by atoms with Crippen LogP contribution in [0.15, 0.2) is 0 Å². The lowest BCUT2D eigenvalue weighted by molar-refractivity contribution is -0.0397. The molecule has 0 bridgehead atoms. The Morgan fingerprint density at radius 3 is 2.18 bits per heavy atom. The van der Waals surface area contributed by atoms with Crippen molar-refractivity contribution in [2.24, 2.45) is 0 Å². The number of nitriles is 1. The zero-order valence-electron chi connectivity index (χ0n) is 12.0. The maximum Gasteiger partial charge on any atom is 0.127 e. The second-order valence-corrected chi connectivity index (χ2v) is 5.76. The summed E-state index contributed by atoms with van der Waals surface area (Å²) in [4.78, 5) is 0. The predicted molar refractivity (Wildman–Crippen MR) is 68.8 cm³/mol. The lowest BCUT2D eigenvalue weighted by Crippen LogP contribution is -2.48. The second-order valence-electron chi connectivity index (χ2n) is 5.76. The van der Waals surface area contributed by atoms with Gasteiger partial charge >= 0.3 is 0 Å². The molecule has 0 saturated carbocycles. The van der Waals surface area contributed by atoms with Gasteiger partial charge in [-0.3, -0.25) is 5.32 Å². The highest BCUT2D eigenvalue weighted by atomic mass is 16.5. The molecule has 4 nitrogen and oxygen atoms in total. The number of hydrogen-bond acceptors (Lipinski definition) is 4. The third-order valence-corrected chi connectivity index (χ3v) is 2.01. The number of nitrogens with one attached hydrogen (secondary N) is 1. The summed E-state index contributed by atoms with van der Waals surface area (Å²) in [5.41, 5.74) is -0.770. The minimum absolute atomic E-state index is 0.141. The Kier molecular flexibility index (Phi) is 6.69. The monoisotopic (exact) mass is 242 g/mol. The van der Waals surface area contributed by atoms with E-state index < -0.39 is 5.54 Å². The Morgan fingerprint density at radius 1 is 1.18 bits per heavy atom. The predicted octanol–water partition coefficient (Wildman–Crippen LogP) is 2.10. The van der Waals surface area contributed by atoms with Gasteiger partial charge in [0, 0.05) is 6.04 Å². The number of hydrogen-bond donors (Lipinski definition) is 1. The molecule has 0 amide bonds. The number of ether oxygens (including phenoxy) is 2. The number of nitrogens with zero attached hydrogens (tertiary/aromatic N) is 1. The van der Waals surface area contributed by atoms with Crippen molar-refractivity contribution in [1.82, 2.24) is 5.32 Å². The first-order chi connectivity index (χ1) is 7.68. The summed E-state index contributed by atoms with van der Waals surface area (Å²) in [5, 5.41) is 12.3. The van der Waals surface area contributed by atoms with Crippen LogP contribution in [0.2, 0.25) is 0 Å². The molecule has 0 aliphatic rings. The van der Waals surface area contributed by atoms with Crippen LogP contribution >= 0.6 is 0 Å². The van der Waals surface area contributed by atoms with Gasteiger partial charge in [-0.1, -0.05) is 0 Å². The molecule has 0 spiro atoms. The lowest BCUT2D eigenvalue weighted by Gasteiger charge is -2.26. The van der Waals surface area contributed by atoms with E-state index in [4.69, 9.17) is 14.7 Å². The molecule has 1 N–H and O–H groups in total. The van der Waals surface area contributed by atoms with Gasteiger partial charge in [0.05, 0.1) is 31.5 Å². The third-order valence-electron chi connectivity index (χ3n) is 2.01. The topological polar surface area (TPSA) is 54.3 Å². The molecule has 0 aliphatic carbocycles. The molecule has 0 saturated heterocycles. The summed E-state index contributed by atoms with van der Waals surface area (Å²) in [7, 11) is 0. The Hall–Kier alpha value is -0.630. The Morgan fingerprint density at radius 2 is 1.76 bits per heavy atom. The van der Waals surface area contributed by atoms with Crippen LogP contribution in [-0.2, 0) is 9.47 Å². The van der Waals surface area contributed by atoms with Crippen molar-refractivity contribution in [3.05, 3.63) is 0 Å². The van der Waals surface area contributed by atoms with Crippen LogP contribution in [0.1, 0.15) is 41.5 Å². The first-order valence-corrected chi connectivity index (χ1v) is 6.09. The molecule has 0 aromatic heterocycles. The van der Waals surface area contributed by atoms with E-state index in [9.17, 15) is 0 Å². The molecule has 0 aromatic carbocycles. The minimum Gasteiger partial charge on any atom is -0.376 e. The minimum atomic E-state index is -0.629. The first-order valence-electron chi connectivity index (χ1n) is 6.09. The highest BCUT2D eigenvalue weighted by Crippen LogP contribution is 2.07. The van der Waals surface area contributed by atoms with Crippen LogP contribution in [0.3, 0.4) is 0 Å². The van der Waals surface area contributed by atoms with Gasteiger partial charge in [-0.2, -0.15) is 5.26 Å². The Labute approximate surface area is 105 Å². The van der Waals surface area contributed by atoms with Crippen LogP contribution in [0.5, 0.6) is 0 Å². The van der Waals surface area contributed by atoms with Gasteiger partial charge in [0.15, 0.2) is 0 Å². The fourth-order valence-corrected chi connectivity index (χ4v) is 1.43. The van der Waals surface area contributed by atoms with E-state index in [0.29, 0.717) is 19.8 Å². The Bertz CT molecular complexity index is 253. The lowest BCUT2D eigenvalue weighted by atomic mass is 10.1. The van der Waals surface area contributed by atoms with Crippen LogP contribution in [-0.4, -0.2) is 37.0 Å². The molecule has 17 heavy (non-hydrogen) atoms. The maximum atomic E-state index is 9.10. The summed E-state index contributed by atoms with van der Waals surface area (Å²) in [6.45, 7) is 13.3. The van der Waals surface area contributed by atoms with Gasteiger partial charge in [-0.05, 0) is 41.5 Å². The summed E-state index contributed by atoms with van der Waals surface area (Å²) in [6.07, 6.45) is 0. The molecule has 100 valence electrons. The highest BCUT2D eigenvalue weighted by Gasteiger charge is 2.24. The van der Waals surface area contributed by atoms with E-state index in [0.717, 1.165) is 0 Å². The van der Waals surface area contributed by atoms with E-state index in [2.05, 4.69) is 11.4 Å². The van der Waals surface area contributed by atoms with E-state index in [1.165, 1.54) is 0 Å². The van der Waals surface area contributed by atoms with Crippen molar-refractivity contribution >= 4 is 0 Å². The van der Waals surface area contributed by atoms with Gasteiger partial charge in [0.2, 0.25) is 0 Å². The number of rotatable bonds is 7. The van der Waals surface area contributed by atoms with Gasteiger partial charge < -0.3 is 9.47 Å². The van der Waals surface area contributed by atoms with E-state index in [1.807, 2.05) is 41.5 Å². The van der Waals surface area contributed by atoms with E-state index in [1.54, 1.807) is 0 Å². The standard InChI is InChI=1S/C13H26N2O2/c1-11(2)15-13(6,9-14)10-16-7-8-17-12(3,4)5/h11,15H,7-8,10H2,1-6H3. The van der Waals surface area contributed by atoms with E-state index >= 15 is 0 Å². The molecule has 4 heteroatoms. The van der Waals surface area contributed by atoms with Crippen LogP contribution < -0.4 is 5.32 Å². The fraction of sp³-hybridized carbons (Fsp3) is 0.923. The van der Waals surface area contributed by atoms with Crippen molar-refractivity contribution < 1.29 is 9.47 Å².